The minimum Gasteiger partial charge on any atom is -0.495 e. The van der Waals surface area contributed by atoms with Crippen molar-refractivity contribution in [1.82, 2.24) is 0 Å². The van der Waals surface area contributed by atoms with Crippen LogP contribution in [0.1, 0.15) is 10.4 Å². The van der Waals surface area contributed by atoms with E-state index in [4.69, 9.17) is 19.6 Å². The average molecular weight is 577 g/mol. The molecule has 0 aliphatic heterocycles. The molecule has 0 radical (unpaired) electrons. The number of hydrogen-bond donors (Lipinski definition) is 2. The van der Waals surface area contributed by atoms with Crippen LogP contribution in [0.4, 0.5) is 19.3 Å². The van der Waals surface area contributed by atoms with Crippen molar-refractivity contribution in [2.45, 2.75) is 0 Å². The third kappa shape index (κ3) is 5.82. The van der Waals surface area contributed by atoms with Gasteiger partial charge < -0.3 is 29.5 Å². The van der Waals surface area contributed by atoms with Gasteiger partial charge in [0.2, 0.25) is 10.0 Å². The van der Waals surface area contributed by atoms with Gasteiger partial charge in [0.1, 0.15) is 34.2 Å². The largest absolute Gasteiger partial charge is 0.495 e. The Morgan fingerprint density at radius 2 is 1.70 bits per heavy atom. The first-order valence-corrected chi connectivity index (χ1v) is 13.3. The number of benzene rings is 3. The summed E-state index contributed by atoms with van der Waals surface area (Å²) in [6, 6.07) is 11.6. The molecule has 0 atom stereocenters. The highest BCUT2D eigenvalue weighted by molar-refractivity contribution is 7.92. The van der Waals surface area contributed by atoms with Gasteiger partial charge in [0.25, 0.3) is 0 Å². The molecule has 0 unspecified atom stereocenters. The second-order valence-electron chi connectivity index (χ2n) is 8.30. The van der Waals surface area contributed by atoms with Gasteiger partial charge in [0, 0.05) is 23.1 Å². The molecule has 210 valence electrons. The number of aliphatic hydroxyl groups excluding tert-OH is 1. The Morgan fingerprint density at radius 3 is 2.27 bits per heavy atom. The number of rotatable bonds is 9. The van der Waals surface area contributed by atoms with Crippen molar-refractivity contribution in [3.8, 4) is 28.6 Å². The molecule has 0 aliphatic carbocycles. The Bertz CT molecular complexity index is 1700. The number of sulfonamides is 1. The number of carbonyl (C=O) groups is 2. The van der Waals surface area contributed by atoms with Crippen LogP contribution in [-0.4, -0.2) is 52.1 Å². The van der Waals surface area contributed by atoms with Gasteiger partial charge in [0.15, 0.2) is 11.6 Å². The number of halogens is 2. The highest BCUT2D eigenvalue weighted by Gasteiger charge is 2.29. The van der Waals surface area contributed by atoms with E-state index in [-0.39, 0.29) is 51.8 Å². The van der Waals surface area contributed by atoms with Gasteiger partial charge in [-0.05, 0) is 42.5 Å². The summed E-state index contributed by atoms with van der Waals surface area (Å²) >= 11 is 0. The van der Waals surface area contributed by atoms with Crippen LogP contribution in [0.25, 0.3) is 22.3 Å². The van der Waals surface area contributed by atoms with Gasteiger partial charge in [-0.15, -0.1) is 0 Å². The van der Waals surface area contributed by atoms with Gasteiger partial charge in [-0.25, -0.2) is 26.8 Å². The molecule has 0 saturated heterocycles. The molecular formula is C26H22F2N2O9S. The molecule has 1 heterocycles. The van der Waals surface area contributed by atoms with E-state index in [0.717, 1.165) is 22.7 Å². The predicted octanol–water partition coefficient (Wildman–Crippen LogP) is 4.17. The number of esters is 1. The maximum atomic E-state index is 13.5. The Hall–Kier alpha value is -4.69. The lowest BCUT2D eigenvalue weighted by atomic mass is 10.0. The topological polar surface area (TPSA) is 159 Å². The molecule has 0 aliphatic rings. The van der Waals surface area contributed by atoms with Crippen LogP contribution in [0.3, 0.4) is 0 Å². The van der Waals surface area contributed by atoms with Gasteiger partial charge >= 0.3 is 12.1 Å². The van der Waals surface area contributed by atoms with Crippen LogP contribution in [-0.2, 0) is 14.8 Å². The molecule has 1 amide bonds. The summed E-state index contributed by atoms with van der Waals surface area (Å²) in [5.74, 6) is -3.03. The zero-order chi connectivity index (χ0) is 29.2. The maximum Gasteiger partial charge on any atom is 0.412 e. The predicted molar refractivity (Wildman–Crippen MR) is 139 cm³/mol. The number of primary amides is 1. The third-order valence-corrected chi connectivity index (χ3v) is 6.78. The molecule has 14 heteroatoms. The van der Waals surface area contributed by atoms with Gasteiger partial charge in [-0.2, -0.15) is 0 Å². The summed E-state index contributed by atoms with van der Waals surface area (Å²) in [5, 5.41) is 9.52. The molecule has 1 aromatic heterocycles. The van der Waals surface area contributed by atoms with E-state index >= 15 is 0 Å². The lowest BCUT2D eigenvalue weighted by Crippen LogP contribution is -2.32. The number of aliphatic hydroxyl groups is 1. The Morgan fingerprint density at radius 1 is 1.02 bits per heavy atom. The first kappa shape index (κ1) is 28.3. The van der Waals surface area contributed by atoms with Crippen molar-refractivity contribution in [1.29, 1.82) is 0 Å². The van der Waals surface area contributed by atoms with E-state index in [1.165, 1.54) is 49.6 Å². The van der Waals surface area contributed by atoms with Gasteiger partial charge in [-0.3, -0.25) is 4.31 Å². The number of nitrogens with two attached hydrogens (primary N) is 1. The molecular weight excluding hydrogens is 554 g/mol. The number of hydrogen-bond acceptors (Lipinski definition) is 9. The summed E-state index contributed by atoms with van der Waals surface area (Å²) in [6.07, 6.45) is -0.421. The van der Waals surface area contributed by atoms with Crippen LogP contribution in [0.5, 0.6) is 17.2 Å². The van der Waals surface area contributed by atoms with E-state index in [1.54, 1.807) is 0 Å². The molecule has 0 fully saturated rings. The Kier molecular flexibility index (Phi) is 7.93. The third-order valence-electron chi connectivity index (χ3n) is 5.60. The summed E-state index contributed by atoms with van der Waals surface area (Å²) in [7, 11) is -2.59. The Balaban J connectivity index is 1.84. The van der Waals surface area contributed by atoms with Gasteiger partial charge in [0.05, 0.1) is 32.2 Å². The first-order valence-electron chi connectivity index (χ1n) is 11.4. The molecule has 4 rings (SSSR count). The standard InChI is InChI=1S/C26H22F2N2O9S/c1-36-22-12-17-21(13-20(22)30(9-10-31)40(2,34)35)38-24(23(17)25(32)39-26(29)33)14-3-5-15(6-4-14)37-16-7-8-18(27)19(28)11-16/h3-8,11-13,31H,9-10H2,1-2H3,(H2,29,33). The van der Waals surface area contributed by atoms with Gasteiger partial charge in [-0.1, -0.05) is 0 Å². The monoisotopic (exact) mass is 576 g/mol. The lowest BCUT2D eigenvalue weighted by molar-refractivity contribution is 0.0640. The minimum absolute atomic E-state index is 0.0159. The van der Waals surface area contributed by atoms with Crippen molar-refractivity contribution in [2.24, 2.45) is 5.73 Å². The second-order valence-corrected chi connectivity index (χ2v) is 10.2. The van der Waals surface area contributed by atoms with Crippen molar-refractivity contribution in [3.63, 3.8) is 0 Å². The van der Waals surface area contributed by atoms with E-state index in [2.05, 4.69) is 4.74 Å². The van der Waals surface area contributed by atoms with Crippen LogP contribution >= 0.6 is 0 Å². The number of fused-ring (bicyclic) bond motifs is 1. The van der Waals surface area contributed by atoms with E-state index in [1.807, 2.05) is 0 Å². The van der Waals surface area contributed by atoms with Crippen LogP contribution in [0.2, 0.25) is 0 Å². The minimum atomic E-state index is -3.86. The number of nitrogens with zero attached hydrogens (tertiary/aromatic N) is 1. The van der Waals surface area contributed by atoms with E-state index < -0.39 is 40.3 Å². The fourth-order valence-electron chi connectivity index (χ4n) is 3.93. The number of anilines is 1. The SMILES string of the molecule is COc1cc2c(C(=O)OC(N)=O)c(-c3ccc(Oc4ccc(F)c(F)c4)cc3)oc2cc1N(CCO)S(C)(=O)=O. The number of methoxy groups -OCH3 is 1. The highest BCUT2D eigenvalue weighted by Crippen LogP contribution is 2.41. The van der Waals surface area contributed by atoms with Crippen LogP contribution in [0, 0.1) is 11.6 Å². The molecule has 0 saturated carbocycles. The maximum absolute atomic E-state index is 13.5. The Labute approximate surface area is 226 Å². The molecule has 0 spiro atoms. The quantitative estimate of drug-likeness (QED) is 0.220. The summed E-state index contributed by atoms with van der Waals surface area (Å²) in [5.41, 5.74) is 5.19. The summed E-state index contributed by atoms with van der Waals surface area (Å²) in [4.78, 5) is 24.3. The fraction of sp³-hybridized carbons (Fsp3) is 0.154. The summed E-state index contributed by atoms with van der Waals surface area (Å²) in [6.45, 7) is -0.781. The van der Waals surface area contributed by atoms with Crippen LogP contribution in [0.15, 0.2) is 59.0 Å². The smallest absolute Gasteiger partial charge is 0.412 e. The average Bonchev–Trinajstić information content (AvgIpc) is 3.26. The second kappa shape index (κ2) is 11.2. The molecule has 3 aromatic carbocycles. The number of ether oxygens (including phenoxy) is 3. The highest BCUT2D eigenvalue weighted by atomic mass is 32.2. The number of amides is 1. The fourth-order valence-corrected chi connectivity index (χ4v) is 4.84. The first-order chi connectivity index (χ1) is 18.9. The van der Waals surface area contributed by atoms with E-state index in [0.29, 0.717) is 5.56 Å². The molecule has 4 aromatic rings. The van der Waals surface area contributed by atoms with Crippen molar-refractivity contribution in [3.05, 3.63) is 71.8 Å². The molecule has 40 heavy (non-hydrogen) atoms. The van der Waals surface area contributed by atoms with E-state index in [9.17, 15) is 31.9 Å². The number of carbonyl (C=O) groups excluding carboxylic acids is 2. The zero-order valence-corrected chi connectivity index (χ0v) is 21.8. The molecule has 3 N–H and O–H groups in total. The van der Waals surface area contributed by atoms with Crippen LogP contribution < -0.4 is 19.5 Å². The molecule has 11 nitrogen and oxygen atoms in total. The molecule has 0 bridgehead atoms. The normalized spacial score (nSPS) is 11.3. The van der Waals surface area contributed by atoms with Crippen molar-refractivity contribution >= 4 is 38.7 Å². The summed E-state index contributed by atoms with van der Waals surface area (Å²) < 4.78 is 73.8. The number of furan rings is 1. The zero-order valence-electron chi connectivity index (χ0n) is 21.0. The lowest BCUT2D eigenvalue weighted by Gasteiger charge is -2.23. The van der Waals surface area contributed by atoms with Crippen molar-refractivity contribution in [2.75, 3.05) is 30.8 Å². The van der Waals surface area contributed by atoms with Crippen molar-refractivity contribution < 1.29 is 50.5 Å².